The van der Waals surface area contributed by atoms with Gasteiger partial charge >= 0.3 is 0 Å². The van der Waals surface area contributed by atoms with Crippen LogP contribution in [-0.2, 0) is 0 Å². The van der Waals surface area contributed by atoms with Gasteiger partial charge in [-0.2, -0.15) is 0 Å². The molecule has 0 aliphatic heterocycles. The van der Waals surface area contributed by atoms with E-state index in [4.69, 9.17) is 10.5 Å². The zero-order valence-electron chi connectivity index (χ0n) is 13.5. The molecule has 1 heterocycles. The molecule has 4 nitrogen and oxygen atoms in total. The minimum atomic E-state index is -0.142. The molecule has 0 fully saturated rings. The number of hydrogen-bond donors (Lipinski definition) is 1. The van der Waals surface area contributed by atoms with Crippen LogP contribution in [0, 0.1) is 0 Å². The zero-order valence-corrected chi connectivity index (χ0v) is 13.5. The van der Waals surface area contributed by atoms with Crippen LogP contribution in [0.15, 0.2) is 41.2 Å². The average molecular weight is 300 g/mol. The van der Waals surface area contributed by atoms with Crippen LogP contribution in [0.25, 0.3) is 11.3 Å². The molecule has 0 aliphatic carbocycles. The second-order valence-electron chi connectivity index (χ2n) is 5.45. The second-order valence-corrected chi connectivity index (χ2v) is 5.45. The first-order valence-corrected chi connectivity index (χ1v) is 7.83. The maximum absolute atomic E-state index is 12.5. The normalized spacial score (nSPS) is 12.1. The molecule has 1 unspecified atom stereocenters. The van der Waals surface area contributed by atoms with Gasteiger partial charge in [0.25, 0.3) is 5.56 Å². The predicted molar refractivity (Wildman–Crippen MR) is 91.3 cm³/mol. The molecule has 2 N–H and O–H groups in total. The number of nitrogen functional groups attached to an aromatic ring is 1. The fourth-order valence-corrected chi connectivity index (χ4v) is 2.42. The number of ether oxygens (including phenoxy) is 1. The molecule has 0 spiro atoms. The van der Waals surface area contributed by atoms with E-state index in [1.807, 2.05) is 37.3 Å². The van der Waals surface area contributed by atoms with Crippen LogP contribution in [0.2, 0.25) is 0 Å². The van der Waals surface area contributed by atoms with Gasteiger partial charge in [0.05, 0.1) is 18.0 Å². The lowest BCUT2D eigenvalue weighted by Gasteiger charge is -2.21. The number of nitrogens with two attached hydrogens (primary N) is 1. The SMILES string of the molecule is CCCOc1ccccc1-c1ccc(N)c(=O)n1C(C)CC. The molecule has 1 aromatic heterocycles. The van der Waals surface area contributed by atoms with Crippen molar-refractivity contribution in [2.75, 3.05) is 12.3 Å². The van der Waals surface area contributed by atoms with E-state index in [-0.39, 0.29) is 17.3 Å². The Labute approximate surface area is 131 Å². The van der Waals surface area contributed by atoms with Gasteiger partial charge in [0.2, 0.25) is 0 Å². The Hall–Kier alpha value is -2.23. The monoisotopic (exact) mass is 300 g/mol. The molecule has 1 aromatic carbocycles. The van der Waals surface area contributed by atoms with Crippen LogP contribution >= 0.6 is 0 Å². The number of pyridine rings is 1. The molecule has 22 heavy (non-hydrogen) atoms. The van der Waals surface area contributed by atoms with Crippen LogP contribution in [0.4, 0.5) is 5.69 Å². The highest BCUT2D eigenvalue weighted by molar-refractivity contribution is 5.68. The van der Waals surface area contributed by atoms with E-state index in [1.54, 1.807) is 10.6 Å². The Morgan fingerprint density at radius 3 is 2.59 bits per heavy atom. The Bertz CT molecular complexity index is 692. The van der Waals surface area contributed by atoms with Crippen molar-refractivity contribution in [2.24, 2.45) is 0 Å². The van der Waals surface area contributed by atoms with Crippen LogP contribution in [0.5, 0.6) is 5.75 Å². The van der Waals surface area contributed by atoms with Crippen molar-refractivity contribution in [3.8, 4) is 17.0 Å². The number of benzene rings is 1. The minimum Gasteiger partial charge on any atom is -0.493 e. The largest absolute Gasteiger partial charge is 0.493 e. The smallest absolute Gasteiger partial charge is 0.274 e. The summed E-state index contributed by atoms with van der Waals surface area (Å²) in [7, 11) is 0. The average Bonchev–Trinajstić information content (AvgIpc) is 2.55. The lowest BCUT2D eigenvalue weighted by molar-refractivity contribution is 0.318. The Balaban J connectivity index is 2.63. The summed E-state index contributed by atoms with van der Waals surface area (Å²) in [5, 5.41) is 0. The molecule has 0 radical (unpaired) electrons. The summed E-state index contributed by atoms with van der Waals surface area (Å²) in [6, 6.07) is 11.5. The van der Waals surface area contributed by atoms with Gasteiger partial charge in [-0.15, -0.1) is 0 Å². The summed E-state index contributed by atoms with van der Waals surface area (Å²) in [5.41, 5.74) is 7.72. The number of hydrogen-bond acceptors (Lipinski definition) is 3. The van der Waals surface area contributed by atoms with Crippen molar-refractivity contribution in [1.82, 2.24) is 4.57 Å². The van der Waals surface area contributed by atoms with E-state index in [0.29, 0.717) is 6.61 Å². The van der Waals surface area contributed by atoms with E-state index in [2.05, 4.69) is 13.8 Å². The molecule has 0 amide bonds. The van der Waals surface area contributed by atoms with Gasteiger partial charge in [0, 0.05) is 11.6 Å². The number of anilines is 1. The Morgan fingerprint density at radius 2 is 1.91 bits per heavy atom. The van der Waals surface area contributed by atoms with Gasteiger partial charge in [-0.25, -0.2) is 0 Å². The van der Waals surface area contributed by atoms with E-state index in [1.165, 1.54) is 0 Å². The molecule has 118 valence electrons. The summed E-state index contributed by atoms with van der Waals surface area (Å²) in [6.07, 6.45) is 1.79. The van der Waals surface area contributed by atoms with Crippen LogP contribution in [-0.4, -0.2) is 11.2 Å². The van der Waals surface area contributed by atoms with E-state index in [0.717, 1.165) is 29.8 Å². The highest BCUT2D eigenvalue weighted by Crippen LogP contribution is 2.31. The van der Waals surface area contributed by atoms with Gasteiger partial charge in [0.15, 0.2) is 0 Å². The summed E-state index contributed by atoms with van der Waals surface area (Å²) >= 11 is 0. The fraction of sp³-hybridized carbons (Fsp3) is 0.389. The maximum Gasteiger partial charge on any atom is 0.274 e. The van der Waals surface area contributed by atoms with Crippen LogP contribution in [0.3, 0.4) is 0 Å². The third-order valence-electron chi connectivity index (χ3n) is 3.80. The quantitative estimate of drug-likeness (QED) is 0.881. The third-order valence-corrected chi connectivity index (χ3v) is 3.80. The molecule has 2 aromatic rings. The van der Waals surface area contributed by atoms with Gasteiger partial charge in [-0.1, -0.05) is 26.0 Å². The lowest BCUT2D eigenvalue weighted by Crippen LogP contribution is -2.26. The van der Waals surface area contributed by atoms with E-state index in [9.17, 15) is 4.79 Å². The number of aromatic nitrogens is 1. The zero-order chi connectivity index (χ0) is 16.1. The second kappa shape index (κ2) is 7.16. The highest BCUT2D eigenvalue weighted by Gasteiger charge is 2.16. The van der Waals surface area contributed by atoms with Crippen molar-refractivity contribution < 1.29 is 4.74 Å². The van der Waals surface area contributed by atoms with Crippen molar-refractivity contribution >= 4 is 5.69 Å². The van der Waals surface area contributed by atoms with Crippen molar-refractivity contribution in [2.45, 2.75) is 39.7 Å². The lowest BCUT2D eigenvalue weighted by atomic mass is 10.1. The molecule has 0 aliphatic rings. The van der Waals surface area contributed by atoms with Crippen molar-refractivity contribution in [1.29, 1.82) is 0 Å². The van der Waals surface area contributed by atoms with Crippen molar-refractivity contribution in [3.05, 3.63) is 46.8 Å². The maximum atomic E-state index is 12.5. The summed E-state index contributed by atoms with van der Waals surface area (Å²) in [5.74, 6) is 0.797. The molecule has 0 saturated heterocycles. The summed E-state index contributed by atoms with van der Waals surface area (Å²) in [6.45, 7) is 6.81. The number of nitrogens with zero attached hydrogens (tertiary/aromatic N) is 1. The third kappa shape index (κ3) is 3.16. The van der Waals surface area contributed by atoms with Crippen LogP contribution in [0.1, 0.15) is 39.7 Å². The Kier molecular flexibility index (Phi) is 5.26. The van der Waals surface area contributed by atoms with Crippen LogP contribution < -0.4 is 16.0 Å². The molecule has 0 saturated carbocycles. The Morgan fingerprint density at radius 1 is 1.18 bits per heavy atom. The summed E-state index contributed by atoms with van der Waals surface area (Å²) in [4.78, 5) is 12.5. The molecule has 4 heteroatoms. The molecular weight excluding hydrogens is 276 g/mol. The molecular formula is C18H24N2O2. The number of rotatable bonds is 6. The molecule has 2 rings (SSSR count). The highest BCUT2D eigenvalue weighted by atomic mass is 16.5. The van der Waals surface area contributed by atoms with E-state index >= 15 is 0 Å². The summed E-state index contributed by atoms with van der Waals surface area (Å²) < 4.78 is 7.60. The van der Waals surface area contributed by atoms with Gasteiger partial charge in [0.1, 0.15) is 5.75 Å². The molecule has 1 atom stereocenters. The van der Waals surface area contributed by atoms with Gasteiger partial charge in [-0.05, 0) is 44.0 Å². The molecule has 0 bridgehead atoms. The van der Waals surface area contributed by atoms with Gasteiger partial charge in [-0.3, -0.25) is 4.79 Å². The van der Waals surface area contributed by atoms with Gasteiger partial charge < -0.3 is 15.0 Å². The first-order valence-electron chi connectivity index (χ1n) is 7.83. The fourth-order valence-electron chi connectivity index (χ4n) is 2.42. The van der Waals surface area contributed by atoms with E-state index < -0.39 is 0 Å². The topological polar surface area (TPSA) is 57.2 Å². The first kappa shape index (κ1) is 16.1. The predicted octanol–water partition coefficient (Wildman–Crippen LogP) is 3.86. The first-order chi connectivity index (χ1) is 10.6. The standard InChI is InChI=1S/C18H24N2O2/c1-4-12-22-17-9-7-6-8-14(17)16-11-10-15(19)18(21)20(16)13(3)5-2/h6-11,13H,4-5,12,19H2,1-3H3. The minimum absolute atomic E-state index is 0.0743. The number of para-hydroxylation sites is 1. The van der Waals surface area contributed by atoms with Crippen molar-refractivity contribution in [3.63, 3.8) is 0 Å².